The molecule has 0 saturated heterocycles. The van der Waals surface area contributed by atoms with Gasteiger partial charge in [-0.05, 0) is 12.5 Å². The second kappa shape index (κ2) is 6.94. The van der Waals surface area contributed by atoms with Crippen LogP contribution in [0.25, 0.3) is 0 Å². The van der Waals surface area contributed by atoms with Crippen molar-refractivity contribution in [2.45, 2.75) is 19.3 Å². The van der Waals surface area contributed by atoms with Gasteiger partial charge in [0.1, 0.15) is 0 Å². The first-order chi connectivity index (χ1) is 10.1. The summed E-state index contributed by atoms with van der Waals surface area (Å²) < 4.78 is 10.4. The Labute approximate surface area is 127 Å². The first-order valence-electron chi connectivity index (χ1n) is 6.44. The van der Waals surface area contributed by atoms with E-state index in [-0.39, 0.29) is 17.5 Å². The second-order valence-corrected chi connectivity index (χ2v) is 4.76. The second-order valence-electron chi connectivity index (χ2n) is 4.28. The summed E-state index contributed by atoms with van der Waals surface area (Å²) in [5.74, 6) is -1.13. The van der Waals surface area contributed by atoms with E-state index in [1.807, 2.05) is 30.3 Å². The number of nitrogens with two attached hydrogens (primary N) is 1. The van der Waals surface area contributed by atoms with Crippen LogP contribution < -0.4 is 5.73 Å². The number of esters is 1. The van der Waals surface area contributed by atoms with Gasteiger partial charge in [0.2, 0.25) is 11.8 Å². The Bertz CT molecular complexity index is 627. The van der Waals surface area contributed by atoms with Gasteiger partial charge in [0, 0.05) is 0 Å². The van der Waals surface area contributed by atoms with Crippen LogP contribution in [-0.4, -0.2) is 27.8 Å². The zero-order valence-corrected chi connectivity index (χ0v) is 12.3. The number of hydrogen-bond donors (Lipinski definition) is 1. The molecule has 0 bridgehead atoms. The van der Waals surface area contributed by atoms with Crippen LogP contribution in [0.5, 0.6) is 0 Å². The maximum Gasteiger partial charge on any atom is 0.325 e. The molecule has 6 nitrogen and oxygen atoms in total. The molecule has 1 aromatic carbocycles. The zero-order chi connectivity index (χ0) is 15.2. The molecule has 2 rings (SSSR count). The van der Waals surface area contributed by atoms with Crippen LogP contribution in [0.2, 0.25) is 0 Å². The van der Waals surface area contributed by atoms with Gasteiger partial charge in [-0.3, -0.25) is 4.79 Å². The van der Waals surface area contributed by atoms with Crippen molar-refractivity contribution < 1.29 is 13.9 Å². The molecule has 7 heteroatoms. The van der Waals surface area contributed by atoms with E-state index < -0.39 is 11.9 Å². The molecular weight excluding hydrogens is 290 g/mol. The van der Waals surface area contributed by atoms with Crippen LogP contribution in [0, 0.1) is 0 Å². The SMILES string of the molecule is CCOC(=O)[C@H](C(N)=S)c1nnc(Cc2ccccc2)o1. The average Bonchev–Trinajstić information content (AvgIpc) is 2.88. The summed E-state index contributed by atoms with van der Waals surface area (Å²) >= 11 is 4.88. The van der Waals surface area contributed by atoms with Crippen molar-refractivity contribution in [1.29, 1.82) is 0 Å². The molecule has 110 valence electrons. The molecule has 0 spiro atoms. The molecule has 0 unspecified atom stereocenters. The normalized spacial score (nSPS) is 11.9. The lowest BCUT2D eigenvalue weighted by atomic mass is 10.1. The molecule has 0 amide bonds. The molecule has 2 aromatic rings. The molecular formula is C14H15N3O3S. The number of carbonyl (C=O) groups is 1. The molecule has 0 aliphatic carbocycles. The molecule has 21 heavy (non-hydrogen) atoms. The number of hydrogen-bond acceptors (Lipinski definition) is 6. The van der Waals surface area contributed by atoms with Gasteiger partial charge in [-0.2, -0.15) is 0 Å². The fraction of sp³-hybridized carbons (Fsp3) is 0.286. The van der Waals surface area contributed by atoms with E-state index in [4.69, 9.17) is 27.1 Å². The van der Waals surface area contributed by atoms with E-state index in [9.17, 15) is 4.79 Å². The highest BCUT2D eigenvalue weighted by molar-refractivity contribution is 7.80. The lowest BCUT2D eigenvalue weighted by molar-refractivity contribution is -0.143. The van der Waals surface area contributed by atoms with Crippen molar-refractivity contribution in [3.63, 3.8) is 0 Å². The highest BCUT2D eigenvalue weighted by atomic mass is 32.1. The average molecular weight is 305 g/mol. The van der Waals surface area contributed by atoms with E-state index in [0.29, 0.717) is 12.3 Å². The Morgan fingerprint density at radius 2 is 2.10 bits per heavy atom. The Morgan fingerprint density at radius 3 is 2.71 bits per heavy atom. The molecule has 2 N–H and O–H groups in total. The minimum Gasteiger partial charge on any atom is -0.465 e. The maximum absolute atomic E-state index is 11.8. The number of thiocarbonyl (C=S) groups is 1. The minimum absolute atomic E-state index is 0.0524. The quantitative estimate of drug-likeness (QED) is 0.640. The maximum atomic E-state index is 11.8. The van der Waals surface area contributed by atoms with Gasteiger partial charge in [0.15, 0.2) is 5.92 Å². The molecule has 0 aliphatic rings. The highest BCUT2D eigenvalue weighted by Crippen LogP contribution is 2.18. The van der Waals surface area contributed by atoms with Gasteiger partial charge in [-0.15, -0.1) is 10.2 Å². The third-order valence-corrected chi connectivity index (χ3v) is 2.97. The van der Waals surface area contributed by atoms with E-state index in [0.717, 1.165) is 5.56 Å². The molecule has 1 heterocycles. The number of aromatic nitrogens is 2. The molecule has 1 atom stereocenters. The predicted molar refractivity (Wildman–Crippen MR) is 79.7 cm³/mol. The molecule has 1 aromatic heterocycles. The predicted octanol–water partition coefficient (Wildman–Crippen LogP) is 1.59. The van der Waals surface area contributed by atoms with Gasteiger partial charge in [-0.1, -0.05) is 42.5 Å². The largest absolute Gasteiger partial charge is 0.465 e. The Morgan fingerprint density at radius 1 is 1.38 bits per heavy atom. The summed E-state index contributed by atoms with van der Waals surface area (Å²) in [6.07, 6.45) is 0.473. The molecule has 0 fully saturated rings. The Balaban J connectivity index is 2.17. The summed E-state index contributed by atoms with van der Waals surface area (Å²) in [7, 11) is 0. The van der Waals surface area contributed by atoms with Crippen molar-refractivity contribution in [3.05, 3.63) is 47.7 Å². The topological polar surface area (TPSA) is 91.2 Å². The number of carbonyl (C=O) groups excluding carboxylic acids is 1. The zero-order valence-electron chi connectivity index (χ0n) is 11.5. The van der Waals surface area contributed by atoms with E-state index in [1.165, 1.54) is 0 Å². The molecule has 0 aliphatic heterocycles. The van der Waals surface area contributed by atoms with Crippen molar-refractivity contribution in [3.8, 4) is 0 Å². The van der Waals surface area contributed by atoms with Crippen molar-refractivity contribution in [2.75, 3.05) is 6.61 Å². The summed E-state index contributed by atoms with van der Waals surface area (Å²) in [6.45, 7) is 1.92. The summed E-state index contributed by atoms with van der Waals surface area (Å²) in [5, 5.41) is 7.77. The monoisotopic (exact) mass is 305 g/mol. The lowest BCUT2D eigenvalue weighted by Gasteiger charge is -2.09. The first-order valence-corrected chi connectivity index (χ1v) is 6.84. The van der Waals surface area contributed by atoms with Crippen molar-refractivity contribution >= 4 is 23.2 Å². The Kier molecular flexibility index (Phi) is 4.99. The van der Waals surface area contributed by atoms with Gasteiger partial charge >= 0.3 is 5.97 Å². The fourth-order valence-corrected chi connectivity index (χ4v) is 1.99. The number of benzene rings is 1. The van der Waals surface area contributed by atoms with Crippen LogP contribution in [-0.2, 0) is 16.0 Å². The third-order valence-electron chi connectivity index (χ3n) is 2.73. The number of nitrogens with zero attached hydrogens (tertiary/aromatic N) is 2. The molecule has 0 saturated carbocycles. The summed E-state index contributed by atoms with van der Waals surface area (Å²) in [5.41, 5.74) is 6.59. The fourth-order valence-electron chi connectivity index (χ4n) is 1.79. The van der Waals surface area contributed by atoms with Gasteiger partial charge in [0.25, 0.3) is 0 Å². The van der Waals surface area contributed by atoms with E-state index in [2.05, 4.69) is 10.2 Å². The Hall–Kier alpha value is -2.28. The summed E-state index contributed by atoms with van der Waals surface area (Å²) in [4.78, 5) is 11.8. The van der Waals surface area contributed by atoms with Crippen LogP contribution in [0.15, 0.2) is 34.7 Å². The molecule has 0 radical (unpaired) electrons. The van der Waals surface area contributed by atoms with Gasteiger partial charge in [0.05, 0.1) is 18.0 Å². The lowest BCUT2D eigenvalue weighted by Crippen LogP contribution is -2.28. The van der Waals surface area contributed by atoms with E-state index >= 15 is 0 Å². The van der Waals surface area contributed by atoms with Crippen LogP contribution in [0.1, 0.15) is 30.2 Å². The summed E-state index contributed by atoms with van der Waals surface area (Å²) in [6, 6.07) is 9.65. The minimum atomic E-state index is -1.00. The van der Waals surface area contributed by atoms with Gasteiger partial charge < -0.3 is 14.9 Å². The van der Waals surface area contributed by atoms with Crippen molar-refractivity contribution in [2.24, 2.45) is 5.73 Å². The van der Waals surface area contributed by atoms with Crippen molar-refractivity contribution in [1.82, 2.24) is 10.2 Å². The highest BCUT2D eigenvalue weighted by Gasteiger charge is 2.30. The van der Waals surface area contributed by atoms with Crippen LogP contribution >= 0.6 is 12.2 Å². The number of rotatable bonds is 6. The van der Waals surface area contributed by atoms with E-state index in [1.54, 1.807) is 6.92 Å². The standard InChI is InChI=1S/C14H15N3O3S/c1-2-19-14(18)11(12(15)21)13-17-16-10(20-13)8-9-6-4-3-5-7-9/h3-7,11H,2,8H2,1H3,(H2,15,21)/t11-/m1/s1. The smallest absolute Gasteiger partial charge is 0.325 e. The van der Waals surface area contributed by atoms with Crippen LogP contribution in [0.3, 0.4) is 0 Å². The van der Waals surface area contributed by atoms with Gasteiger partial charge in [-0.25, -0.2) is 0 Å². The third kappa shape index (κ3) is 3.85. The first kappa shape index (κ1) is 15.1. The number of ether oxygens (including phenoxy) is 1. The van der Waals surface area contributed by atoms with Crippen LogP contribution in [0.4, 0.5) is 0 Å².